The molecule has 3 rings (SSSR count). The Morgan fingerprint density at radius 3 is 2.88 bits per heavy atom. The topological polar surface area (TPSA) is 61.8 Å². The maximum Gasteiger partial charge on any atom is 0.318 e. The zero-order valence-corrected chi connectivity index (χ0v) is 14.7. The predicted octanol–water partition coefficient (Wildman–Crippen LogP) is 2.80. The van der Waals surface area contributed by atoms with Crippen LogP contribution in [0.25, 0.3) is 0 Å². The van der Waals surface area contributed by atoms with Gasteiger partial charge < -0.3 is 20.1 Å². The Morgan fingerprint density at radius 2 is 2.12 bits per heavy atom. The molecule has 0 spiro atoms. The Morgan fingerprint density at radius 1 is 1.32 bits per heavy atom. The summed E-state index contributed by atoms with van der Waals surface area (Å²) in [6.07, 6.45) is 0.800. The average Bonchev–Trinajstić information content (AvgIpc) is 2.65. The van der Waals surface area contributed by atoms with Gasteiger partial charge in [0.05, 0.1) is 19.8 Å². The van der Waals surface area contributed by atoms with Crippen LogP contribution in [0.5, 0.6) is 5.75 Å². The molecule has 1 heterocycles. The van der Waals surface area contributed by atoms with E-state index in [1.165, 1.54) is 5.56 Å². The lowest BCUT2D eigenvalue weighted by molar-refractivity contribution is 0.126. The smallest absolute Gasteiger partial charge is 0.318 e. The summed E-state index contributed by atoms with van der Waals surface area (Å²) in [4.78, 5) is 14.4. The number of carbonyl (C=O) groups excluding carboxylic acids is 1. The van der Waals surface area contributed by atoms with Crippen molar-refractivity contribution in [3.05, 3.63) is 64.7 Å². The van der Waals surface area contributed by atoms with E-state index in [1.54, 1.807) is 12.0 Å². The quantitative estimate of drug-likeness (QED) is 0.900. The fourth-order valence-electron chi connectivity index (χ4n) is 3.36. The Balaban J connectivity index is 1.71. The van der Waals surface area contributed by atoms with Gasteiger partial charge >= 0.3 is 6.03 Å². The van der Waals surface area contributed by atoms with Crippen molar-refractivity contribution >= 4 is 6.03 Å². The molecular weight excluding hydrogens is 316 g/mol. The summed E-state index contributed by atoms with van der Waals surface area (Å²) in [6.45, 7) is 2.90. The molecule has 1 unspecified atom stereocenters. The number of amides is 2. The van der Waals surface area contributed by atoms with E-state index in [-0.39, 0.29) is 18.7 Å². The lowest BCUT2D eigenvalue weighted by Gasteiger charge is -2.36. The number of methoxy groups -OCH3 is 1. The molecule has 25 heavy (non-hydrogen) atoms. The zero-order valence-electron chi connectivity index (χ0n) is 14.7. The van der Waals surface area contributed by atoms with Gasteiger partial charge in [0, 0.05) is 18.7 Å². The number of rotatable bonds is 4. The van der Waals surface area contributed by atoms with Crippen molar-refractivity contribution in [3.63, 3.8) is 0 Å². The normalized spacial score (nSPS) is 16.3. The molecule has 132 valence electrons. The van der Waals surface area contributed by atoms with Crippen molar-refractivity contribution in [2.45, 2.75) is 25.9 Å². The second kappa shape index (κ2) is 7.57. The van der Waals surface area contributed by atoms with E-state index < -0.39 is 0 Å². The number of aliphatic hydroxyl groups is 1. The molecule has 0 aliphatic carbocycles. The van der Waals surface area contributed by atoms with Crippen LogP contribution in [-0.4, -0.2) is 36.3 Å². The third kappa shape index (κ3) is 3.61. The molecule has 2 amide bonds. The number of nitrogens with one attached hydrogen (secondary N) is 1. The highest BCUT2D eigenvalue weighted by molar-refractivity contribution is 5.75. The van der Waals surface area contributed by atoms with Gasteiger partial charge in [-0.15, -0.1) is 0 Å². The van der Waals surface area contributed by atoms with Crippen LogP contribution in [0.3, 0.4) is 0 Å². The SMILES string of the molecule is COc1cc(C)ccc1CNC(=O)N1CCc2ccccc2C1CO. The number of nitrogens with zero attached hydrogens (tertiary/aromatic N) is 1. The van der Waals surface area contributed by atoms with Gasteiger partial charge in [0.1, 0.15) is 5.75 Å². The van der Waals surface area contributed by atoms with Gasteiger partial charge in [-0.3, -0.25) is 0 Å². The van der Waals surface area contributed by atoms with E-state index in [9.17, 15) is 9.90 Å². The third-order valence-corrected chi connectivity index (χ3v) is 4.72. The van der Waals surface area contributed by atoms with E-state index in [2.05, 4.69) is 11.4 Å². The van der Waals surface area contributed by atoms with Crippen molar-refractivity contribution in [3.8, 4) is 5.75 Å². The van der Waals surface area contributed by atoms with Crippen LogP contribution in [0.1, 0.15) is 28.3 Å². The van der Waals surface area contributed by atoms with Crippen molar-refractivity contribution < 1.29 is 14.6 Å². The first kappa shape index (κ1) is 17.3. The lowest BCUT2D eigenvalue weighted by Crippen LogP contribution is -2.46. The van der Waals surface area contributed by atoms with Gasteiger partial charge in [0.2, 0.25) is 0 Å². The van der Waals surface area contributed by atoms with Crippen LogP contribution < -0.4 is 10.1 Å². The van der Waals surface area contributed by atoms with Crippen LogP contribution >= 0.6 is 0 Å². The van der Waals surface area contributed by atoms with Crippen molar-refractivity contribution in [2.75, 3.05) is 20.3 Å². The number of urea groups is 1. The van der Waals surface area contributed by atoms with Gasteiger partial charge in [-0.25, -0.2) is 4.79 Å². The monoisotopic (exact) mass is 340 g/mol. The summed E-state index contributed by atoms with van der Waals surface area (Å²) < 4.78 is 5.39. The molecule has 0 saturated carbocycles. The van der Waals surface area contributed by atoms with Crippen LogP contribution in [0.2, 0.25) is 0 Å². The molecule has 2 aromatic rings. The molecular formula is C20H24N2O3. The molecule has 1 aliphatic heterocycles. The standard InChI is InChI=1S/C20H24N2O3/c1-14-7-8-16(19(11-14)25-2)12-21-20(24)22-10-9-15-5-3-4-6-17(15)18(22)13-23/h3-8,11,18,23H,9-10,12-13H2,1-2H3,(H,21,24). The molecule has 5 nitrogen and oxygen atoms in total. The fraction of sp³-hybridized carbons (Fsp3) is 0.350. The Bertz CT molecular complexity index is 760. The predicted molar refractivity (Wildman–Crippen MR) is 96.6 cm³/mol. The maximum atomic E-state index is 12.7. The summed E-state index contributed by atoms with van der Waals surface area (Å²) in [5.41, 5.74) is 4.27. The largest absolute Gasteiger partial charge is 0.496 e. The summed E-state index contributed by atoms with van der Waals surface area (Å²) in [6, 6.07) is 13.4. The number of ether oxygens (including phenoxy) is 1. The molecule has 5 heteroatoms. The molecule has 2 N–H and O–H groups in total. The lowest BCUT2D eigenvalue weighted by atomic mass is 9.93. The van der Waals surface area contributed by atoms with E-state index in [4.69, 9.17) is 4.74 Å². The zero-order chi connectivity index (χ0) is 17.8. The first-order valence-electron chi connectivity index (χ1n) is 8.50. The third-order valence-electron chi connectivity index (χ3n) is 4.72. The van der Waals surface area contributed by atoms with Crippen molar-refractivity contribution in [1.82, 2.24) is 10.2 Å². The van der Waals surface area contributed by atoms with Gasteiger partial charge in [-0.1, -0.05) is 36.4 Å². The highest BCUT2D eigenvalue weighted by Crippen LogP contribution is 2.29. The van der Waals surface area contributed by atoms with Gasteiger partial charge in [-0.2, -0.15) is 0 Å². The molecule has 1 atom stereocenters. The summed E-state index contributed by atoms with van der Waals surface area (Å²) in [5, 5.41) is 12.8. The van der Waals surface area contributed by atoms with Gasteiger partial charge in [0.15, 0.2) is 0 Å². The van der Waals surface area contributed by atoms with Crippen LogP contribution in [0, 0.1) is 6.92 Å². The Kier molecular flexibility index (Phi) is 5.24. The maximum absolute atomic E-state index is 12.7. The van der Waals surface area contributed by atoms with E-state index >= 15 is 0 Å². The fourth-order valence-corrected chi connectivity index (χ4v) is 3.36. The number of aliphatic hydroxyl groups excluding tert-OH is 1. The van der Waals surface area contributed by atoms with Gasteiger partial charge in [0.25, 0.3) is 0 Å². The molecule has 0 bridgehead atoms. The van der Waals surface area contributed by atoms with E-state index in [0.717, 1.165) is 28.9 Å². The first-order valence-corrected chi connectivity index (χ1v) is 8.50. The van der Waals surface area contributed by atoms with Crippen LogP contribution in [0.4, 0.5) is 4.79 Å². The number of carbonyl (C=O) groups is 1. The highest BCUT2D eigenvalue weighted by atomic mass is 16.5. The summed E-state index contributed by atoms with van der Waals surface area (Å²) in [5.74, 6) is 0.767. The first-order chi connectivity index (χ1) is 12.1. The molecule has 0 fully saturated rings. The molecule has 1 aliphatic rings. The number of hydrogen-bond acceptors (Lipinski definition) is 3. The molecule has 2 aromatic carbocycles. The van der Waals surface area contributed by atoms with Crippen molar-refractivity contribution in [2.24, 2.45) is 0 Å². The number of hydrogen-bond donors (Lipinski definition) is 2. The molecule has 0 radical (unpaired) electrons. The Hall–Kier alpha value is -2.53. The minimum absolute atomic E-state index is 0.0850. The summed E-state index contributed by atoms with van der Waals surface area (Å²) in [7, 11) is 1.63. The summed E-state index contributed by atoms with van der Waals surface area (Å²) >= 11 is 0. The van der Waals surface area contributed by atoms with Gasteiger partial charge in [-0.05, 0) is 36.1 Å². The minimum Gasteiger partial charge on any atom is -0.496 e. The second-order valence-corrected chi connectivity index (χ2v) is 6.31. The number of fused-ring (bicyclic) bond motifs is 1. The average molecular weight is 340 g/mol. The van der Waals surface area contributed by atoms with Crippen LogP contribution in [-0.2, 0) is 13.0 Å². The second-order valence-electron chi connectivity index (χ2n) is 6.31. The van der Waals surface area contributed by atoms with E-state index in [1.807, 2.05) is 43.3 Å². The number of benzene rings is 2. The van der Waals surface area contributed by atoms with Crippen LogP contribution in [0.15, 0.2) is 42.5 Å². The van der Waals surface area contributed by atoms with Crippen molar-refractivity contribution in [1.29, 1.82) is 0 Å². The van der Waals surface area contributed by atoms with E-state index in [0.29, 0.717) is 13.1 Å². The minimum atomic E-state index is -0.301. The highest BCUT2D eigenvalue weighted by Gasteiger charge is 2.30. The molecule has 0 aromatic heterocycles. The number of aryl methyl sites for hydroxylation is 1. The Labute approximate surface area is 148 Å². The molecule has 0 saturated heterocycles.